The summed E-state index contributed by atoms with van der Waals surface area (Å²) in [6.07, 6.45) is 28.9. The van der Waals surface area contributed by atoms with Crippen molar-refractivity contribution in [1.82, 2.24) is 5.32 Å². The highest BCUT2D eigenvalue weighted by molar-refractivity contribution is 7.47. The van der Waals surface area contributed by atoms with Crippen LogP contribution in [0.4, 0.5) is 0 Å². The molecule has 42 heavy (non-hydrogen) atoms. The Morgan fingerprint density at radius 3 is 1.95 bits per heavy atom. The predicted octanol–water partition coefficient (Wildman–Crippen LogP) is 7.48. The lowest BCUT2D eigenvalue weighted by atomic mass is 10.1. The lowest BCUT2D eigenvalue weighted by Crippen LogP contribution is -2.27. The summed E-state index contributed by atoms with van der Waals surface area (Å²) in [6, 6.07) is 0. The first-order valence-corrected chi connectivity index (χ1v) is 17.5. The summed E-state index contributed by atoms with van der Waals surface area (Å²) in [7, 11) is -4.39. The molecular weight excluding hydrogens is 557 g/mol. The number of unbranched alkanes of at least 4 members (excludes halogenated alkanes) is 10. The van der Waals surface area contributed by atoms with Gasteiger partial charge in [0.25, 0.3) is 0 Å². The maximum absolute atomic E-state index is 11.9. The summed E-state index contributed by atoms with van der Waals surface area (Å²) in [6.45, 7) is 3.22. The van der Waals surface area contributed by atoms with Gasteiger partial charge in [-0.2, -0.15) is 0 Å². The van der Waals surface area contributed by atoms with Crippen molar-refractivity contribution in [3.05, 3.63) is 36.5 Å². The number of phosphoric acid groups is 1. The van der Waals surface area contributed by atoms with Gasteiger partial charge in [0, 0.05) is 19.4 Å². The molecule has 3 N–H and O–H groups in total. The molecule has 9 nitrogen and oxygen atoms in total. The Morgan fingerprint density at radius 1 is 0.738 bits per heavy atom. The highest BCUT2D eigenvalue weighted by atomic mass is 31.2. The van der Waals surface area contributed by atoms with E-state index in [0.29, 0.717) is 6.42 Å². The number of hydrogen-bond donors (Lipinski definition) is 3. The molecule has 0 fully saturated rings. The molecule has 1 amide bonds. The van der Waals surface area contributed by atoms with Crippen LogP contribution >= 0.6 is 7.82 Å². The molecule has 0 aliphatic carbocycles. The van der Waals surface area contributed by atoms with E-state index in [1.807, 2.05) is 6.92 Å². The average molecular weight is 616 g/mol. The van der Waals surface area contributed by atoms with Crippen LogP contribution in [0.3, 0.4) is 0 Å². The third kappa shape index (κ3) is 29.7. The molecule has 0 radical (unpaired) electrons. The fraction of sp³-hybridized carbons (Fsp3) is 0.750. The quantitative estimate of drug-likeness (QED) is 0.0342. The molecule has 0 saturated carbocycles. The van der Waals surface area contributed by atoms with Crippen LogP contribution in [0.1, 0.15) is 123 Å². The number of amides is 1. The van der Waals surface area contributed by atoms with Crippen molar-refractivity contribution in [2.24, 2.45) is 0 Å². The van der Waals surface area contributed by atoms with Crippen LogP contribution in [0.2, 0.25) is 0 Å². The van der Waals surface area contributed by atoms with Crippen molar-refractivity contribution in [1.29, 1.82) is 0 Å². The molecule has 0 spiro atoms. The Hall–Kier alpha value is -1.77. The number of nitrogens with one attached hydrogen (secondary N) is 1. The number of carbonyl (C=O) groups excluding carboxylic acids is 2. The molecule has 0 aliphatic heterocycles. The van der Waals surface area contributed by atoms with Crippen molar-refractivity contribution in [2.45, 2.75) is 129 Å². The van der Waals surface area contributed by atoms with Gasteiger partial charge in [0.2, 0.25) is 5.91 Å². The number of allylic oxidation sites excluding steroid dienone is 6. The number of aliphatic hydroxyl groups is 1. The van der Waals surface area contributed by atoms with Gasteiger partial charge in [-0.05, 0) is 51.4 Å². The van der Waals surface area contributed by atoms with Crippen LogP contribution in [0.15, 0.2) is 36.5 Å². The molecule has 0 aromatic rings. The summed E-state index contributed by atoms with van der Waals surface area (Å²) < 4.78 is 26.3. The van der Waals surface area contributed by atoms with Crippen molar-refractivity contribution >= 4 is 19.7 Å². The zero-order valence-electron chi connectivity index (χ0n) is 26.2. The van der Waals surface area contributed by atoms with Crippen molar-refractivity contribution in [2.75, 3.05) is 26.4 Å². The molecular formula is C32H58NO8P. The highest BCUT2D eigenvalue weighted by Crippen LogP contribution is 2.42. The van der Waals surface area contributed by atoms with Gasteiger partial charge in [-0.3, -0.25) is 18.6 Å². The Morgan fingerprint density at radius 2 is 1.31 bits per heavy atom. The molecule has 244 valence electrons. The monoisotopic (exact) mass is 615 g/mol. The number of ether oxygens (including phenoxy) is 1. The lowest BCUT2D eigenvalue weighted by molar-refractivity contribution is -0.147. The number of carbonyl (C=O) groups is 2. The maximum atomic E-state index is 11.9. The Labute approximate surface area is 254 Å². The van der Waals surface area contributed by atoms with Crippen LogP contribution in [0.5, 0.6) is 0 Å². The third-order valence-electron chi connectivity index (χ3n) is 6.32. The van der Waals surface area contributed by atoms with Crippen LogP contribution in [-0.2, 0) is 27.9 Å². The minimum atomic E-state index is -4.39. The van der Waals surface area contributed by atoms with Gasteiger partial charge >= 0.3 is 13.8 Å². The average Bonchev–Trinajstić information content (AvgIpc) is 2.97. The molecule has 2 atom stereocenters. The van der Waals surface area contributed by atoms with E-state index in [-0.39, 0.29) is 32.1 Å². The Kier molecular flexibility index (Phi) is 28.1. The summed E-state index contributed by atoms with van der Waals surface area (Å²) in [5.74, 6) is -0.570. The zero-order chi connectivity index (χ0) is 31.2. The minimum absolute atomic E-state index is 0.0733. The standard InChI is InChI=1S/C32H58NO8P/c1-3-5-7-8-9-10-11-12-13-14-15-16-17-18-19-20-21-22-23-25-32(36)39-28-30(34)29-41-42(37,38)40-27-26-33-31(35)24-6-4-2/h9-10,12-13,15-16,30,34H,3-8,11,14,17-29H2,1-2H3,(H,33,35)(H,37,38)/b10-9-,13-12-,16-15-. The second kappa shape index (κ2) is 29.3. The Bertz CT molecular complexity index is 799. The summed E-state index contributed by atoms with van der Waals surface area (Å²) in [4.78, 5) is 33.0. The topological polar surface area (TPSA) is 131 Å². The normalized spacial score (nSPS) is 14.1. The largest absolute Gasteiger partial charge is 0.472 e. The number of aliphatic hydroxyl groups excluding tert-OH is 1. The number of esters is 1. The van der Waals surface area contributed by atoms with Gasteiger partial charge in [0.15, 0.2) is 0 Å². The fourth-order valence-corrected chi connectivity index (χ4v) is 4.59. The zero-order valence-corrected chi connectivity index (χ0v) is 27.1. The molecule has 0 aromatic carbocycles. The summed E-state index contributed by atoms with van der Waals surface area (Å²) in [5, 5.41) is 12.4. The Balaban J connectivity index is 3.63. The molecule has 0 saturated heterocycles. The summed E-state index contributed by atoms with van der Waals surface area (Å²) in [5.41, 5.74) is 0. The van der Waals surface area contributed by atoms with Crippen LogP contribution in [0, 0.1) is 0 Å². The molecule has 10 heteroatoms. The first-order valence-electron chi connectivity index (χ1n) is 16.0. The van der Waals surface area contributed by atoms with Crippen LogP contribution in [0.25, 0.3) is 0 Å². The van der Waals surface area contributed by atoms with Gasteiger partial charge in [-0.15, -0.1) is 0 Å². The van der Waals surface area contributed by atoms with Crippen LogP contribution in [-0.4, -0.2) is 54.3 Å². The number of hydrogen-bond acceptors (Lipinski definition) is 7. The van der Waals surface area contributed by atoms with E-state index in [2.05, 4.69) is 48.7 Å². The first kappa shape index (κ1) is 40.2. The molecule has 0 aliphatic rings. The van der Waals surface area contributed by atoms with Crippen LogP contribution < -0.4 is 5.32 Å². The fourth-order valence-electron chi connectivity index (χ4n) is 3.83. The van der Waals surface area contributed by atoms with Crippen molar-refractivity contribution in [3.63, 3.8) is 0 Å². The van der Waals surface area contributed by atoms with Gasteiger partial charge in [0.05, 0.1) is 13.2 Å². The number of phosphoric ester groups is 1. The predicted molar refractivity (Wildman–Crippen MR) is 169 cm³/mol. The van der Waals surface area contributed by atoms with Gasteiger partial charge < -0.3 is 20.1 Å². The lowest BCUT2D eigenvalue weighted by Gasteiger charge is -2.15. The molecule has 0 aromatic heterocycles. The van der Waals surface area contributed by atoms with Gasteiger partial charge in [-0.25, -0.2) is 4.57 Å². The van der Waals surface area contributed by atoms with E-state index >= 15 is 0 Å². The SMILES string of the molecule is CCCCC/C=C\C/C=C\C/C=C\CCCCCCCCC(=O)OCC(O)COP(=O)(O)OCCNC(=O)CCCC. The van der Waals surface area contributed by atoms with E-state index < -0.39 is 26.5 Å². The van der Waals surface area contributed by atoms with E-state index in [9.17, 15) is 24.2 Å². The minimum Gasteiger partial charge on any atom is -0.463 e. The highest BCUT2D eigenvalue weighted by Gasteiger charge is 2.23. The summed E-state index contributed by atoms with van der Waals surface area (Å²) >= 11 is 0. The molecule has 0 bridgehead atoms. The number of rotatable bonds is 29. The van der Waals surface area contributed by atoms with E-state index in [4.69, 9.17) is 13.8 Å². The molecule has 0 heterocycles. The first-order chi connectivity index (χ1) is 20.3. The smallest absolute Gasteiger partial charge is 0.463 e. The second-order valence-electron chi connectivity index (χ2n) is 10.4. The third-order valence-corrected chi connectivity index (χ3v) is 7.31. The van der Waals surface area contributed by atoms with Gasteiger partial charge in [-0.1, -0.05) is 95.2 Å². The van der Waals surface area contributed by atoms with Crippen molar-refractivity contribution in [3.8, 4) is 0 Å². The van der Waals surface area contributed by atoms with Gasteiger partial charge in [0.1, 0.15) is 12.7 Å². The van der Waals surface area contributed by atoms with E-state index in [1.165, 1.54) is 38.5 Å². The molecule has 0 rings (SSSR count). The maximum Gasteiger partial charge on any atom is 0.472 e. The van der Waals surface area contributed by atoms with E-state index in [1.54, 1.807) is 0 Å². The van der Waals surface area contributed by atoms with E-state index in [0.717, 1.165) is 57.8 Å². The molecule has 2 unspecified atom stereocenters. The van der Waals surface area contributed by atoms with Crippen molar-refractivity contribution < 1.29 is 37.9 Å². The second-order valence-corrected chi connectivity index (χ2v) is 11.9.